The number of nitrogens with one attached hydrogen (secondary N) is 1. The smallest absolute Gasteiger partial charge is 0.417 e. The molecule has 1 aliphatic rings. The minimum atomic E-state index is -4.96. The molecule has 1 amide bonds. The highest BCUT2D eigenvalue weighted by molar-refractivity contribution is 5.83. The van der Waals surface area contributed by atoms with Gasteiger partial charge in [0.15, 0.2) is 0 Å². The Bertz CT molecular complexity index is 328. The Morgan fingerprint density at radius 1 is 1.35 bits per heavy atom. The second-order valence-corrected chi connectivity index (χ2v) is 4.02. The molecule has 1 rings (SSSR count). The van der Waals surface area contributed by atoms with Crippen LogP contribution in [0.3, 0.4) is 0 Å². The molecule has 1 aliphatic heterocycles. The van der Waals surface area contributed by atoms with Gasteiger partial charge >= 0.3 is 12.1 Å². The number of aliphatic carboxylic acids is 1. The summed E-state index contributed by atoms with van der Waals surface area (Å²) in [5.74, 6) is -2.57. The van der Waals surface area contributed by atoms with E-state index in [2.05, 4.69) is 0 Å². The summed E-state index contributed by atoms with van der Waals surface area (Å²) in [4.78, 5) is 23.3. The van der Waals surface area contributed by atoms with Crippen LogP contribution in [0.15, 0.2) is 0 Å². The molecule has 98 valence electrons. The summed E-state index contributed by atoms with van der Waals surface area (Å²) in [7, 11) is 0. The monoisotopic (exact) mass is 254 g/mol. The summed E-state index contributed by atoms with van der Waals surface area (Å²) >= 11 is 0. The molecule has 0 aromatic carbocycles. The number of hydrogen-bond acceptors (Lipinski definition) is 3. The fraction of sp³-hybridized carbons (Fsp3) is 0.778. The molecule has 17 heavy (non-hydrogen) atoms. The van der Waals surface area contributed by atoms with Gasteiger partial charge in [0.1, 0.15) is 0 Å². The standard InChI is InChI=1S/C9H13F3N2O3/c1-8(7(16)17,9(10,11)12)13-5-6(15)14-3-2-4-14/h13H,2-5H2,1H3,(H,16,17). The van der Waals surface area contributed by atoms with Gasteiger partial charge in [-0.3, -0.25) is 10.1 Å². The van der Waals surface area contributed by atoms with Crippen molar-refractivity contribution in [2.45, 2.75) is 25.1 Å². The van der Waals surface area contributed by atoms with Crippen LogP contribution >= 0.6 is 0 Å². The van der Waals surface area contributed by atoms with Gasteiger partial charge in [-0.2, -0.15) is 13.2 Å². The molecule has 0 aromatic rings. The zero-order valence-electron chi connectivity index (χ0n) is 9.17. The van der Waals surface area contributed by atoms with E-state index in [1.807, 2.05) is 0 Å². The highest BCUT2D eigenvalue weighted by Crippen LogP contribution is 2.30. The number of alkyl halides is 3. The first-order chi connectivity index (χ1) is 7.68. The Hall–Kier alpha value is -1.31. The van der Waals surface area contributed by atoms with E-state index in [9.17, 15) is 22.8 Å². The third kappa shape index (κ3) is 2.68. The van der Waals surface area contributed by atoms with Crippen LogP contribution < -0.4 is 5.32 Å². The van der Waals surface area contributed by atoms with E-state index in [1.54, 1.807) is 5.32 Å². The van der Waals surface area contributed by atoms with Crippen LogP contribution in [-0.2, 0) is 9.59 Å². The summed E-state index contributed by atoms with van der Waals surface area (Å²) in [5.41, 5.74) is -3.10. The maximum Gasteiger partial charge on any atom is 0.417 e. The van der Waals surface area contributed by atoms with Crippen LogP contribution in [-0.4, -0.2) is 53.2 Å². The van der Waals surface area contributed by atoms with Crippen molar-refractivity contribution < 1.29 is 27.9 Å². The Balaban J connectivity index is 2.62. The zero-order chi connectivity index (χ0) is 13.3. The minimum absolute atomic E-state index is 0.499. The largest absolute Gasteiger partial charge is 0.480 e. The van der Waals surface area contributed by atoms with Crippen molar-refractivity contribution in [3.05, 3.63) is 0 Å². The van der Waals surface area contributed by atoms with E-state index in [4.69, 9.17) is 5.11 Å². The van der Waals surface area contributed by atoms with Crippen LogP contribution in [0, 0.1) is 0 Å². The third-order valence-corrected chi connectivity index (χ3v) is 2.80. The molecular weight excluding hydrogens is 241 g/mol. The van der Waals surface area contributed by atoms with Crippen LogP contribution in [0.5, 0.6) is 0 Å². The molecule has 1 heterocycles. The molecule has 1 atom stereocenters. The molecule has 0 aromatic heterocycles. The van der Waals surface area contributed by atoms with Crippen LogP contribution in [0.1, 0.15) is 13.3 Å². The first-order valence-electron chi connectivity index (χ1n) is 5.01. The lowest BCUT2D eigenvalue weighted by Crippen LogP contribution is -2.62. The first-order valence-corrected chi connectivity index (χ1v) is 5.01. The molecule has 1 fully saturated rings. The number of halogens is 3. The maximum absolute atomic E-state index is 12.5. The number of amides is 1. The van der Waals surface area contributed by atoms with E-state index in [1.165, 1.54) is 4.90 Å². The summed E-state index contributed by atoms with van der Waals surface area (Å²) in [6, 6.07) is 0. The van der Waals surface area contributed by atoms with Gasteiger partial charge in [-0.05, 0) is 13.3 Å². The average Bonchev–Trinajstić information content (AvgIpc) is 2.08. The number of hydrogen-bond donors (Lipinski definition) is 2. The van der Waals surface area contributed by atoms with Gasteiger partial charge in [0, 0.05) is 13.1 Å². The van der Waals surface area contributed by atoms with E-state index in [-0.39, 0.29) is 0 Å². The predicted molar refractivity (Wildman–Crippen MR) is 51.3 cm³/mol. The van der Waals surface area contributed by atoms with Gasteiger partial charge in [-0.1, -0.05) is 0 Å². The molecule has 1 unspecified atom stereocenters. The molecule has 0 bridgehead atoms. The molecule has 0 aliphatic carbocycles. The number of carbonyl (C=O) groups excluding carboxylic acids is 1. The van der Waals surface area contributed by atoms with E-state index in [0.29, 0.717) is 20.0 Å². The minimum Gasteiger partial charge on any atom is -0.480 e. The van der Waals surface area contributed by atoms with Gasteiger partial charge in [0.25, 0.3) is 0 Å². The summed E-state index contributed by atoms with van der Waals surface area (Å²) < 4.78 is 37.6. The lowest BCUT2D eigenvalue weighted by atomic mass is 10.0. The van der Waals surface area contributed by atoms with Crippen LogP contribution in [0.4, 0.5) is 13.2 Å². The fourth-order valence-corrected chi connectivity index (χ4v) is 1.23. The number of carboxylic acid groups (broad SMARTS) is 1. The second-order valence-electron chi connectivity index (χ2n) is 4.02. The second kappa shape index (κ2) is 4.52. The number of carbonyl (C=O) groups is 2. The highest BCUT2D eigenvalue weighted by Gasteiger charge is 2.57. The molecule has 0 radical (unpaired) electrons. The van der Waals surface area contributed by atoms with Crippen LogP contribution in [0.25, 0.3) is 0 Å². The Morgan fingerprint density at radius 3 is 2.18 bits per heavy atom. The quantitative estimate of drug-likeness (QED) is 0.752. The number of rotatable bonds is 4. The van der Waals surface area contributed by atoms with Crippen molar-refractivity contribution in [3.63, 3.8) is 0 Å². The summed E-state index contributed by atoms with van der Waals surface area (Å²) in [5, 5.41) is 10.4. The first kappa shape index (κ1) is 13.8. The van der Waals surface area contributed by atoms with Crippen molar-refractivity contribution >= 4 is 11.9 Å². The van der Waals surface area contributed by atoms with Gasteiger partial charge < -0.3 is 10.0 Å². The Labute approximate surface area is 95.6 Å². The number of nitrogens with zero attached hydrogens (tertiary/aromatic N) is 1. The number of carboxylic acids is 1. The van der Waals surface area contributed by atoms with E-state index >= 15 is 0 Å². The molecular formula is C9H13F3N2O3. The maximum atomic E-state index is 12.5. The lowest BCUT2D eigenvalue weighted by molar-refractivity contribution is -0.205. The fourth-order valence-electron chi connectivity index (χ4n) is 1.23. The van der Waals surface area contributed by atoms with E-state index in [0.717, 1.165) is 6.42 Å². The molecule has 5 nitrogen and oxygen atoms in total. The topological polar surface area (TPSA) is 69.6 Å². The van der Waals surface area contributed by atoms with Crippen molar-refractivity contribution in [1.29, 1.82) is 0 Å². The molecule has 8 heteroatoms. The van der Waals surface area contributed by atoms with Crippen molar-refractivity contribution in [2.24, 2.45) is 0 Å². The van der Waals surface area contributed by atoms with Crippen molar-refractivity contribution in [3.8, 4) is 0 Å². The average molecular weight is 254 g/mol. The van der Waals surface area contributed by atoms with Gasteiger partial charge in [-0.25, -0.2) is 4.79 Å². The van der Waals surface area contributed by atoms with Gasteiger partial charge in [0.2, 0.25) is 11.4 Å². The molecule has 2 N–H and O–H groups in total. The Morgan fingerprint density at radius 2 is 1.88 bits per heavy atom. The number of likely N-dealkylation sites (tertiary alicyclic amines) is 1. The lowest BCUT2D eigenvalue weighted by Gasteiger charge is -2.33. The summed E-state index contributed by atoms with van der Waals surface area (Å²) in [6.07, 6.45) is -4.14. The zero-order valence-corrected chi connectivity index (χ0v) is 9.17. The Kier molecular flexibility index (Phi) is 3.65. The van der Waals surface area contributed by atoms with Crippen LogP contribution in [0.2, 0.25) is 0 Å². The predicted octanol–water partition coefficient (Wildman–Crippen LogP) is 0.214. The van der Waals surface area contributed by atoms with Crippen molar-refractivity contribution in [2.75, 3.05) is 19.6 Å². The highest BCUT2D eigenvalue weighted by atomic mass is 19.4. The third-order valence-electron chi connectivity index (χ3n) is 2.80. The summed E-state index contributed by atoms with van der Waals surface area (Å²) in [6.45, 7) is 0.883. The normalized spacial score (nSPS) is 19.4. The molecule has 0 spiro atoms. The van der Waals surface area contributed by atoms with E-state index < -0.39 is 30.1 Å². The SMILES string of the molecule is CC(NCC(=O)N1CCC1)(C(=O)O)C(F)(F)F. The molecule has 1 saturated heterocycles. The van der Waals surface area contributed by atoms with Gasteiger partial charge in [-0.15, -0.1) is 0 Å². The van der Waals surface area contributed by atoms with Crippen molar-refractivity contribution in [1.82, 2.24) is 10.2 Å². The van der Waals surface area contributed by atoms with Gasteiger partial charge in [0.05, 0.1) is 6.54 Å². The molecule has 0 saturated carbocycles.